The molecule has 1 amide bonds. The highest BCUT2D eigenvalue weighted by atomic mass is 16.1. The Morgan fingerprint density at radius 3 is 2.29 bits per heavy atom. The monoisotopic (exact) mass is 200 g/mol. The van der Waals surface area contributed by atoms with Gasteiger partial charge in [0.25, 0.3) is 0 Å². The fourth-order valence-corrected chi connectivity index (χ4v) is 1.13. The third-order valence-electron chi connectivity index (χ3n) is 2.70. The highest BCUT2D eigenvalue weighted by Gasteiger charge is 2.16. The summed E-state index contributed by atoms with van der Waals surface area (Å²) in [7, 11) is 0. The highest BCUT2D eigenvalue weighted by Crippen LogP contribution is 2.09. The van der Waals surface area contributed by atoms with Gasteiger partial charge >= 0.3 is 0 Å². The van der Waals surface area contributed by atoms with Crippen LogP contribution in [0, 0.1) is 17.8 Å². The van der Waals surface area contributed by atoms with E-state index in [0.29, 0.717) is 18.4 Å². The standard InChI is InChI=1S/C11H24N2O/c1-8(2)10(4)11(14)13-7-9(3)5-6-12/h8-10H,5-7,12H2,1-4H3,(H,13,14). The van der Waals surface area contributed by atoms with Crippen LogP contribution < -0.4 is 11.1 Å². The van der Waals surface area contributed by atoms with Crippen molar-refractivity contribution >= 4 is 5.91 Å². The number of nitrogens with one attached hydrogen (secondary N) is 1. The summed E-state index contributed by atoms with van der Waals surface area (Å²) < 4.78 is 0. The molecule has 0 saturated carbocycles. The molecule has 84 valence electrons. The number of hydrogen-bond acceptors (Lipinski definition) is 2. The minimum atomic E-state index is 0.0973. The third kappa shape index (κ3) is 5.22. The molecule has 0 rings (SSSR count). The number of hydrogen-bond donors (Lipinski definition) is 2. The van der Waals surface area contributed by atoms with Crippen molar-refractivity contribution in [2.24, 2.45) is 23.5 Å². The van der Waals surface area contributed by atoms with Gasteiger partial charge in [-0.25, -0.2) is 0 Å². The molecule has 0 heterocycles. The summed E-state index contributed by atoms with van der Waals surface area (Å²) in [6.07, 6.45) is 0.969. The molecular weight excluding hydrogens is 176 g/mol. The van der Waals surface area contributed by atoms with Crippen LogP contribution in [0.5, 0.6) is 0 Å². The first-order chi connectivity index (χ1) is 6.49. The predicted molar refractivity (Wildman–Crippen MR) is 59.8 cm³/mol. The molecule has 3 nitrogen and oxygen atoms in total. The Hall–Kier alpha value is -0.570. The lowest BCUT2D eigenvalue weighted by atomic mass is 9.97. The third-order valence-corrected chi connectivity index (χ3v) is 2.70. The van der Waals surface area contributed by atoms with Gasteiger partial charge in [-0.1, -0.05) is 27.7 Å². The molecule has 0 aliphatic carbocycles. The second-order valence-corrected chi connectivity index (χ2v) is 4.46. The Morgan fingerprint density at radius 1 is 1.29 bits per heavy atom. The zero-order valence-corrected chi connectivity index (χ0v) is 9.84. The summed E-state index contributed by atoms with van der Waals surface area (Å²) in [5.74, 6) is 1.13. The van der Waals surface area contributed by atoms with Gasteiger partial charge in [-0.2, -0.15) is 0 Å². The second-order valence-electron chi connectivity index (χ2n) is 4.46. The molecule has 2 atom stereocenters. The topological polar surface area (TPSA) is 55.1 Å². The van der Waals surface area contributed by atoms with Crippen molar-refractivity contribution in [1.29, 1.82) is 0 Å². The van der Waals surface area contributed by atoms with E-state index in [0.717, 1.165) is 13.0 Å². The molecule has 0 saturated heterocycles. The predicted octanol–water partition coefficient (Wildman–Crippen LogP) is 1.38. The quantitative estimate of drug-likeness (QED) is 0.680. The number of carbonyl (C=O) groups is 1. The summed E-state index contributed by atoms with van der Waals surface area (Å²) in [6, 6.07) is 0. The van der Waals surface area contributed by atoms with E-state index in [1.54, 1.807) is 0 Å². The maximum absolute atomic E-state index is 11.6. The van der Waals surface area contributed by atoms with E-state index in [4.69, 9.17) is 5.73 Å². The summed E-state index contributed by atoms with van der Waals surface area (Å²) in [6.45, 7) is 9.63. The van der Waals surface area contributed by atoms with E-state index >= 15 is 0 Å². The fraction of sp³-hybridized carbons (Fsp3) is 0.909. The van der Waals surface area contributed by atoms with Crippen molar-refractivity contribution in [3.63, 3.8) is 0 Å². The van der Waals surface area contributed by atoms with Gasteiger partial charge in [-0.15, -0.1) is 0 Å². The highest BCUT2D eigenvalue weighted by molar-refractivity contribution is 5.78. The summed E-state index contributed by atoms with van der Waals surface area (Å²) in [4.78, 5) is 11.6. The van der Waals surface area contributed by atoms with E-state index in [1.807, 2.05) is 6.92 Å². The Morgan fingerprint density at radius 2 is 1.86 bits per heavy atom. The van der Waals surface area contributed by atoms with Gasteiger partial charge in [0.1, 0.15) is 0 Å². The molecule has 0 fully saturated rings. The normalized spacial score (nSPS) is 15.3. The molecule has 2 unspecified atom stereocenters. The summed E-state index contributed by atoms with van der Waals surface area (Å²) >= 11 is 0. The van der Waals surface area contributed by atoms with E-state index in [-0.39, 0.29) is 11.8 Å². The van der Waals surface area contributed by atoms with Crippen LogP contribution in [0.2, 0.25) is 0 Å². The molecule has 3 heteroatoms. The van der Waals surface area contributed by atoms with Crippen LogP contribution in [0.15, 0.2) is 0 Å². The van der Waals surface area contributed by atoms with Gasteiger partial charge in [0.05, 0.1) is 0 Å². The van der Waals surface area contributed by atoms with E-state index in [2.05, 4.69) is 26.1 Å². The fourth-order valence-electron chi connectivity index (χ4n) is 1.13. The Kier molecular flexibility index (Phi) is 6.54. The molecule has 0 aromatic carbocycles. The summed E-state index contributed by atoms with van der Waals surface area (Å²) in [5.41, 5.74) is 5.43. The molecule has 0 aliphatic rings. The molecule has 0 aromatic rings. The lowest BCUT2D eigenvalue weighted by Gasteiger charge is -2.17. The zero-order valence-electron chi connectivity index (χ0n) is 9.84. The van der Waals surface area contributed by atoms with Crippen molar-refractivity contribution in [2.45, 2.75) is 34.1 Å². The van der Waals surface area contributed by atoms with E-state index < -0.39 is 0 Å². The van der Waals surface area contributed by atoms with Crippen LogP contribution in [0.1, 0.15) is 34.1 Å². The van der Waals surface area contributed by atoms with Crippen LogP contribution in [0.4, 0.5) is 0 Å². The van der Waals surface area contributed by atoms with Gasteiger partial charge in [0.2, 0.25) is 5.91 Å². The average molecular weight is 200 g/mol. The largest absolute Gasteiger partial charge is 0.356 e. The lowest BCUT2D eigenvalue weighted by molar-refractivity contribution is -0.125. The Balaban J connectivity index is 3.73. The number of nitrogens with two attached hydrogens (primary N) is 1. The average Bonchev–Trinajstić information content (AvgIpc) is 2.13. The molecule has 0 aliphatic heterocycles. The van der Waals surface area contributed by atoms with Crippen LogP contribution in [0.3, 0.4) is 0 Å². The zero-order chi connectivity index (χ0) is 11.1. The molecule has 14 heavy (non-hydrogen) atoms. The van der Waals surface area contributed by atoms with Crippen molar-refractivity contribution in [2.75, 3.05) is 13.1 Å². The molecular formula is C11H24N2O. The second kappa shape index (κ2) is 6.82. The van der Waals surface area contributed by atoms with E-state index in [9.17, 15) is 4.79 Å². The van der Waals surface area contributed by atoms with E-state index in [1.165, 1.54) is 0 Å². The first-order valence-corrected chi connectivity index (χ1v) is 5.46. The number of rotatable bonds is 6. The Labute approximate surface area is 87.4 Å². The van der Waals surface area contributed by atoms with Crippen LogP contribution in [-0.2, 0) is 4.79 Å². The van der Waals surface area contributed by atoms with Crippen molar-refractivity contribution < 1.29 is 4.79 Å². The Bertz CT molecular complexity index is 169. The van der Waals surface area contributed by atoms with Crippen molar-refractivity contribution in [3.05, 3.63) is 0 Å². The molecule has 3 N–H and O–H groups in total. The van der Waals surface area contributed by atoms with Crippen molar-refractivity contribution in [1.82, 2.24) is 5.32 Å². The number of carbonyl (C=O) groups excluding carboxylic acids is 1. The van der Waals surface area contributed by atoms with Gasteiger partial charge in [0.15, 0.2) is 0 Å². The molecule has 0 spiro atoms. The van der Waals surface area contributed by atoms with Crippen LogP contribution in [-0.4, -0.2) is 19.0 Å². The van der Waals surface area contributed by atoms with Gasteiger partial charge in [-0.05, 0) is 24.8 Å². The first kappa shape index (κ1) is 13.4. The minimum Gasteiger partial charge on any atom is -0.356 e. The SMILES string of the molecule is CC(CCN)CNC(=O)C(C)C(C)C. The smallest absolute Gasteiger partial charge is 0.223 e. The number of amides is 1. The molecule has 0 radical (unpaired) electrons. The minimum absolute atomic E-state index is 0.0973. The lowest BCUT2D eigenvalue weighted by Crippen LogP contribution is -2.35. The van der Waals surface area contributed by atoms with Gasteiger partial charge in [-0.3, -0.25) is 4.79 Å². The van der Waals surface area contributed by atoms with Crippen LogP contribution >= 0.6 is 0 Å². The maximum atomic E-state index is 11.6. The van der Waals surface area contributed by atoms with Gasteiger partial charge < -0.3 is 11.1 Å². The molecule has 0 aromatic heterocycles. The maximum Gasteiger partial charge on any atom is 0.223 e. The van der Waals surface area contributed by atoms with Gasteiger partial charge in [0, 0.05) is 12.5 Å². The van der Waals surface area contributed by atoms with Crippen molar-refractivity contribution in [3.8, 4) is 0 Å². The first-order valence-electron chi connectivity index (χ1n) is 5.46. The van der Waals surface area contributed by atoms with Crippen LogP contribution in [0.25, 0.3) is 0 Å². The summed E-state index contributed by atoms with van der Waals surface area (Å²) in [5, 5.41) is 2.95. The molecule has 0 bridgehead atoms.